The molecule has 0 bridgehead atoms. The summed E-state index contributed by atoms with van der Waals surface area (Å²) in [4.78, 5) is 21.7. The first-order valence-corrected chi connectivity index (χ1v) is 8.31. The first kappa shape index (κ1) is 13.5. The first-order valence-electron chi connectivity index (χ1n) is 7.33. The fourth-order valence-electron chi connectivity index (χ4n) is 2.75. The van der Waals surface area contributed by atoms with Crippen molar-refractivity contribution in [1.29, 1.82) is 0 Å². The Kier molecular flexibility index (Phi) is 3.42. The molecule has 0 saturated carbocycles. The van der Waals surface area contributed by atoms with Crippen LogP contribution in [-0.4, -0.2) is 49.8 Å². The topological polar surface area (TPSA) is 74.8 Å². The predicted molar refractivity (Wildman–Crippen MR) is 85.7 cm³/mol. The lowest BCUT2D eigenvalue weighted by Crippen LogP contribution is -2.29. The van der Waals surface area contributed by atoms with Crippen molar-refractivity contribution in [3.8, 4) is 0 Å². The van der Waals surface area contributed by atoms with Crippen LogP contribution in [0.1, 0.15) is 12.8 Å². The number of H-pyrrole nitrogens is 1. The van der Waals surface area contributed by atoms with Crippen LogP contribution in [0, 0.1) is 0 Å². The van der Waals surface area contributed by atoms with E-state index in [1.807, 2.05) is 29.2 Å². The second kappa shape index (κ2) is 5.57. The van der Waals surface area contributed by atoms with Crippen LogP contribution in [0.15, 0.2) is 29.4 Å². The minimum atomic E-state index is 0.155. The van der Waals surface area contributed by atoms with Crippen molar-refractivity contribution in [3.63, 3.8) is 0 Å². The summed E-state index contributed by atoms with van der Waals surface area (Å²) in [6.45, 7) is 1.75. The molecule has 1 aromatic carbocycles. The summed E-state index contributed by atoms with van der Waals surface area (Å²) in [5, 5.41) is 9.94. The number of likely N-dealkylation sites (tertiary alicyclic amines) is 1. The Morgan fingerprint density at radius 2 is 2.05 bits per heavy atom. The molecule has 3 heterocycles. The Morgan fingerprint density at radius 3 is 2.91 bits per heavy atom. The molecule has 112 valence electrons. The van der Waals surface area contributed by atoms with Gasteiger partial charge in [0, 0.05) is 24.0 Å². The lowest BCUT2D eigenvalue weighted by molar-refractivity contribution is -0.127. The van der Waals surface area contributed by atoms with E-state index < -0.39 is 0 Å². The highest BCUT2D eigenvalue weighted by Crippen LogP contribution is 2.23. The molecule has 1 fully saturated rings. The fraction of sp³-hybridized carbons (Fsp3) is 0.333. The molecule has 1 N–H and O–H groups in total. The average molecular weight is 313 g/mol. The Morgan fingerprint density at radius 1 is 1.23 bits per heavy atom. The number of thioether (sulfide) groups is 1. The molecule has 1 amide bonds. The van der Waals surface area contributed by atoms with E-state index in [1.165, 1.54) is 11.8 Å². The molecule has 4 rings (SSSR count). The monoisotopic (exact) mass is 313 g/mol. The van der Waals surface area contributed by atoms with Gasteiger partial charge in [0.2, 0.25) is 11.1 Å². The maximum atomic E-state index is 12.0. The summed E-state index contributed by atoms with van der Waals surface area (Å²) < 4.78 is 0. The molecule has 7 heteroatoms. The number of carbonyl (C=O) groups is 1. The van der Waals surface area contributed by atoms with Gasteiger partial charge in [-0.2, -0.15) is 0 Å². The van der Waals surface area contributed by atoms with Gasteiger partial charge in [0.15, 0.2) is 5.65 Å². The number of rotatable bonds is 3. The molecule has 0 spiro atoms. The van der Waals surface area contributed by atoms with Crippen LogP contribution in [0.4, 0.5) is 0 Å². The zero-order valence-corrected chi connectivity index (χ0v) is 12.8. The highest BCUT2D eigenvalue weighted by atomic mass is 32.2. The van der Waals surface area contributed by atoms with Gasteiger partial charge in [-0.25, -0.2) is 4.98 Å². The fourth-order valence-corrected chi connectivity index (χ4v) is 3.44. The van der Waals surface area contributed by atoms with Crippen LogP contribution in [0.5, 0.6) is 0 Å². The van der Waals surface area contributed by atoms with Crippen molar-refractivity contribution in [2.45, 2.75) is 18.0 Å². The van der Waals surface area contributed by atoms with E-state index in [4.69, 9.17) is 0 Å². The van der Waals surface area contributed by atoms with Crippen LogP contribution in [0.25, 0.3) is 22.1 Å². The number of nitrogens with zero attached hydrogens (tertiary/aromatic N) is 4. The number of fused-ring (bicyclic) bond motifs is 3. The zero-order valence-electron chi connectivity index (χ0n) is 12.0. The van der Waals surface area contributed by atoms with E-state index in [0.717, 1.165) is 42.4 Å². The Bertz CT molecular complexity index is 840. The molecule has 1 saturated heterocycles. The van der Waals surface area contributed by atoms with E-state index in [1.54, 1.807) is 0 Å². The van der Waals surface area contributed by atoms with Crippen molar-refractivity contribution in [1.82, 2.24) is 25.1 Å². The summed E-state index contributed by atoms with van der Waals surface area (Å²) in [7, 11) is 0. The summed E-state index contributed by atoms with van der Waals surface area (Å²) in [5.74, 6) is 0.524. The highest BCUT2D eigenvalue weighted by Gasteiger charge is 2.18. The molecule has 0 aliphatic carbocycles. The van der Waals surface area contributed by atoms with Crippen LogP contribution >= 0.6 is 11.8 Å². The van der Waals surface area contributed by atoms with Crippen LogP contribution < -0.4 is 0 Å². The SMILES string of the molecule is O=C(CSc1nnc2c(n1)[nH]c1ccccc12)N1CCCC1. The highest BCUT2D eigenvalue weighted by molar-refractivity contribution is 7.99. The summed E-state index contributed by atoms with van der Waals surface area (Å²) >= 11 is 1.34. The van der Waals surface area contributed by atoms with Crippen molar-refractivity contribution >= 4 is 39.7 Å². The molecule has 6 nitrogen and oxygen atoms in total. The molecular formula is C15H15N5OS. The maximum absolute atomic E-state index is 12.0. The molecule has 2 aromatic heterocycles. The summed E-state index contributed by atoms with van der Waals surface area (Å²) in [5.41, 5.74) is 2.48. The first-order chi connectivity index (χ1) is 10.8. The van der Waals surface area contributed by atoms with Gasteiger partial charge >= 0.3 is 0 Å². The molecule has 0 atom stereocenters. The van der Waals surface area contributed by atoms with Crippen LogP contribution in [0.3, 0.4) is 0 Å². The normalized spacial score (nSPS) is 15.0. The zero-order chi connectivity index (χ0) is 14.9. The Balaban J connectivity index is 1.54. The molecule has 3 aromatic rings. The number of aromatic nitrogens is 4. The number of hydrogen-bond donors (Lipinski definition) is 1. The maximum Gasteiger partial charge on any atom is 0.233 e. The molecule has 0 radical (unpaired) electrons. The van der Waals surface area contributed by atoms with Gasteiger partial charge < -0.3 is 9.88 Å². The third-order valence-electron chi connectivity index (χ3n) is 3.89. The molecule has 1 aliphatic rings. The van der Waals surface area contributed by atoms with E-state index in [2.05, 4.69) is 20.2 Å². The minimum Gasteiger partial charge on any atom is -0.342 e. The van der Waals surface area contributed by atoms with Gasteiger partial charge in [-0.3, -0.25) is 4.79 Å². The van der Waals surface area contributed by atoms with Crippen LogP contribution in [-0.2, 0) is 4.79 Å². The van der Waals surface area contributed by atoms with Gasteiger partial charge in [-0.05, 0) is 18.9 Å². The number of aromatic amines is 1. The third kappa shape index (κ3) is 2.41. The summed E-state index contributed by atoms with van der Waals surface area (Å²) in [6.07, 6.45) is 2.21. The number of amides is 1. The number of benzene rings is 1. The van der Waals surface area contributed by atoms with Gasteiger partial charge in [-0.15, -0.1) is 10.2 Å². The largest absolute Gasteiger partial charge is 0.342 e. The lowest BCUT2D eigenvalue weighted by atomic mass is 10.2. The second-order valence-corrected chi connectivity index (χ2v) is 6.28. The van der Waals surface area contributed by atoms with Gasteiger partial charge in [0.05, 0.1) is 5.75 Å². The van der Waals surface area contributed by atoms with Crippen molar-refractivity contribution in [2.75, 3.05) is 18.8 Å². The van der Waals surface area contributed by atoms with E-state index in [9.17, 15) is 4.79 Å². The minimum absolute atomic E-state index is 0.155. The molecular weight excluding hydrogens is 298 g/mol. The van der Waals surface area contributed by atoms with Crippen molar-refractivity contribution < 1.29 is 4.79 Å². The number of hydrogen-bond acceptors (Lipinski definition) is 5. The Hall–Kier alpha value is -2.15. The quantitative estimate of drug-likeness (QED) is 0.750. The third-order valence-corrected chi connectivity index (χ3v) is 4.71. The standard InChI is InChI=1S/C15H15N5OS/c21-12(20-7-3-4-8-20)9-22-15-17-14-13(18-19-15)10-5-1-2-6-11(10)16-14/h1-2,5-6H,3-4,7-9H2,(H,16,17,19). The van der Waals surface area contributed by atoms with E-state index in [-0.39, 0.29) is 5.91 Å². The van der Waals surface area contributed by atoms with Crippen LogP contribution in [0.2, 0.25) is 0 Å². The van der Waals surface area contributed by atoms with Gasteiger partial charge in [-0.1, -0.05) is 30.0 Å². The predicted octanol–water partition coefficient (Wildman–Crippen LogP) is 2.22. The van der Waals surface area contributed by atoms with Gasteiger partial charge in [0.25, 0.3) is 0 Å². The number of nitrogens with one attached hydrogen (secondary N) is 1. The van der Waals surface area contributed by atoms with E-state index in [0.29, 0.717) is 16.6 Å². The Labute approximate surface area is 131 Å². The summed E-state index contributed by atoms with van der Waals surface area (Å²) in [6, 6.07) is 7.92. The second-order valence-electron chi connectivity index (χ2n) is 5.34. The van der Waals surface area contributed by atoms with E-state index >= 15 is 0 Å². The van der Waals surface area contributed by atoms with Crippen molar-refractivity contribution in [3.05, 3.63) is 24.3 Å². The molecule has 0 unspecified atom stereocenters. The molecule has 22 heavy (non-hydrogen) atoms. The number of carbonyl (C=O) groups excluding carboxylic acids is 1. The van der Waals surface area contributed by atoms with Crippen molar-refractivity contribution in [2.24, 2.45) is 0 Å². The number of para-hydroxylation sites is 1. The van der Waals surface area contributed by atoms with Gasteiger partial charge in [0.1, 0.15) is 5.52 Å². The molecule has 1 aliphatic heterocycles. The lowest BCUT2D eigenvalue weighted by Gasteiger charge is -2.13. The average Bonchev–Trinajstić information content (AvgIpc) is 3.19. The smallest absolute Gasteiger partial charge is 0.233 e.